The zero-order valence-corrected chi connectivity index (χ0v) is 18.5. The van der Waals surface area contributed by atoms with Crippen molar-refractivity contribution in [2.75, 3.05) is 57.1 Å². The van der Waals surface area contributed by atoms with Gasteiger partial charge in [0, 0.05) is 39.3 Å². The van der Waals surface area contributed by atoms with E-state index in [9.17, 15) is 9.59 Å². The van der Waals surface area contributed by atoms with Crippen LogP contribution in [-0.2, 0) is 6.54 Å². The second-order valence-corrected chi connectivity index (χ2v) is 7.76. The van der Waals surface area contributed by atoms with Gasteiger partial charge in [-0.15, -0.1) is 0 Å². The van der Waals surface area contributed by atoms with Gasteiger partial charge in [0.2, 0.25) is 0 Å². The van der Waals surface area contributed by atoms with Crippen molar-refractivity contribution in [1.82, 2.24) is 14.5 Å². The Bertz CT molecular complexity index is 1210. The maximum atomic E-state index is 13.0. The van der Waals surface area contributed by atoms with Crippen molar-refractivity contribution in [3.63, 3.8) is 0 Å². The molecule has 0 saturated carbocycles. The molecule has 1 saturated heterocycles. The summed E-state index contributed by atoms with van der Waals surface area (Å²) in [5.41, 5.74) is 7.09. The van der Waals surface area contributed by atoms with Crippen LogP contribution in [0.2, 0.25) is 0 Å². The number of para-hydroxylation sites is 2. The number of ether oxygens (including phenoxy) is 2. The number of nitrogens with one attached hydrogen (secondary N) is 1. The van der Waals surface area contributed by atoms with Gasteiger partial charge < -0.3 is 25.1 Å². The van der Waals surface area contributed by atoms with Gasteiger partial charge in [-0.2, -0.15) is 0 Å². The zero-order valence-electron chi connectivity index (χ0n) is 18.5. The van der Waals surface area contributed by atoms with Crippen molar-refractivity contribution in [3.8, 4) is 11.5 Å². The minimum atomic E-state index is -0.432. The van der Waals surface area contributed by atoms with Crippen LogP contribution in [0.5, 0.6) is 11.5 Å². The number of piperazine rings is 1. The van der Waals surface area contributed by atoms with Crippen molar-refractivity contribution >= 4 is 22.3 Å². The standard InChI is InChI=1S/C23H29N5O4/c1-3-32-21-14-16-18(15-17(21)24)25-23(30)28(22(16)29)13-10-26-8-11-27(12-9-26)19-6-4-5-7-20(19)31-2/h4-7,14-15H,3,8-13,24H2,1-2H3,(H,25,30). The van der Waals surface area contributed by atoms with E-state index >= 15 is 0 Å². The van der Waals surface area contributed by atoms with Crippen LogP contribution in [0, 0.1) is 0 Å². The van der Waals surface area contributed by atoms with Crippen molar-refractivity contribution in [1.29, 1.82) is 0 Å². The lowest BCUT2D eigenvalue weighted by Gasteiger charge is -2.36. The molecule has 1 aliphatic rings. The quantitative estimate of drug-likeness (QED) is 0.538. The topological polar surface area (TPSA) is 106 Å². The van der Waals surface area contributed by atoms with Gasteiger partial charge in [-0.1, -0.05) is 12.1 Å². The molecule has 0 aliphatic carbocycles. The number of nitrogens with two attached hydrogens (primary N) is 1. The molecular formula is C23H29N5O4. The molecule has 2 heterocycles. The van der Waals surface area contributed by atoms with Gasteiger partial charge >= 0.3 is 5.69 Å². The first-order valence-corrected chi connectivity index (χ1v) is 10.8. The van der Waals surface area contributed by atoms with Crippen LogP contribution >= 0.6 is 0 Å². The van der Waals surface area contributed by atoms with Gasteiger partial charge in [-0.3, -0.25) is 14.3 Å². The summed E-state index contributed by atoms with van der Waals surface area (Å²) in [7, 11) is 1.68. The first-order valence-electron chi connectivity index (χ1n) is 10.8. The average Bonchev–Trinajstić information content (AvgIpc) is 2.80. The lowest BCUT2D eigenvalue weighted by atomic mass is 10.2. The third-order valence-electron chi connectivity index (χ3n) is 5.85. The fourth-order valence-electron chi connectivity index (χ4n) is 4.13. The van der Waals surface area contributed by atoms with Crippen LogP contribution < -0.4 is 31.4 Å². The Kier molecular flexibility index (Phi) is 6.36. The minimum absolute atomic E-state index is 0.313. The van der Waals surface area contributed by atoms with Crippen LogP contribution in [0.25, 0.3) is 10.9 Å². The van der Waals surface area contributed by atoms with Crippen LogP contribution in [0.4, 0.5) is 11.4 Å². The van der Waals surface area contributed by atoms with E-state index in [1.165, 1.54) is 4.57 Å². The first kappa shape index (κ1) is 21.8. The molecule has 0 atom stereocenters. The number of nitrogens with zero attached hydrogens (tertiary/aromatic N) is 3. The van der Waals surface area contributed by atoms with Crippen molar-refractivity contribution in [3.05, 3.63) is 57.2 Å². The second kappa shape index (κ2) is 9.35. The Morgan fingerprint density at radius 2 is 1.78 bits per heavy atom. The van der Waals surface area contributed by atoms with Gasteiger partial charge in [0.1, 0.15) is 11.5 Å². The van der Waals surface area contributed by atoms with Crippen molar-refractivity contribution in [2.45, 2.75) is 13.5 Å². The Labute approximate surface area is 186 Å². The van der Waals surface area contributed by atoms with E-state index < -0.39 is 5.69 Å². The highest BCUT2D eigenvalue weighted by molar-refractivity contribution is 5.84. The molecule has 0 bridgehead atoms. The molecule has 1 aliphatic heterocycles. The predicted octanol–water partition coefficient (Wildman–Crippen LogP) is 1.50. The summed E-state index contributed by atoms with van der Waals surface area (Å²) in [6.45, 7) is 6.58. The molecule has 1 aromatic heterocycles. The molecule has 3 N–H and O–H groups in total. The molecule has 9 heteroatoms. The van der Waals surface area contributed by atoms with E-state index in [2.05, 4.69) is 20.9 Å². The van der Waals surface area contributed by atoms with Crippen LogP contribution in [-0.4, -0.2) is 60.9 Å². The zero-order chi connectivity index (χ0) is 22.7. The van der Waals surface area contributed by atoms with E-state index in [0.717, 1.165) is 37.6 Å². The molecule has 0 spiro atoms. The summed E-state index contributed by atoms with van der Waals surface area (Å²) in [4.78, 5) is 32.9. The summed E-state index contributed by atoms with van der Waals surface area (Å²) >= 11 is 0. The molecule has 9 nitrogen and oxygen atoms in total. The highest BCUT2D eigenvalue weighted by atomic mass is 16.5. The fourth-order valence-corrected chi connectivity index (χ4v) is 4.13. The Hall–Kier alpha value is -3.46. The number of H-pyrrole nitrogens is 1. The third-order valence-corrected chi connectivity index (χ3v) is 5.85. The van der Waals surface area contributed by atoms with Gasteiger partial charge in [-0.25, -0.2) is 4.79 Å². The number of anilines is 2. The molecule has 0 amide bonds. The van der Waals surface area contributed by atoms with E-state index in [-0.39, 0.29) is 5.56 Å². The largest absolute Gasteiger partial charge is 0.495 e. The van der Waals surface area contributed by atoms with Crippen LogP contribution in [0.3, 0.4) is 0 Å². The second-order valence-electron chi connectivity index (χ2n) is 7.76. The summed E-state index contributed by atoms with van der Waals surface area (Å²) in [6, 6.07) is 11.2. The molecule has 3 aromatic rings. The van der Waals surface area contributed by atoms with E-state index in [1.807, 2.05) is 25.1 Å². The number of nitrogen functional groups attached to an aromatic ring is 1. The van der Waals surface area contributed by atoms with Gasteiger partial charge in [0.05, 0.1) is 36.0 Å². The SMILES string of the molecule is CCOc1cc2c(=O)n(CCN3CCN(c4ccccc4OC)CC3)c(=O)[nH]c2cc1N. The molecule has 4 rings (SSSR count). The normalized spacial score (nSPS) is 14.6. The number of aromatic amines is 1. The van der Waals surface area contributed by atoms with Crippen LogP contribution in [0.1, 0.15) is 6.92 Å². The highest BCUT2D eigenvalue weighted by Gasteiger charge is 2.20. The van der Waals surface area contributed by atoms with Crippen LogP contribution in [0.15, 0.2) is 46.0 Å². The smallest absolute Gasteiger partial charge is 0.328 e. The van der Waals surface area contributed by atoms with Crippen molar-refractivity contribution in [2.24, 2.45) is 0 Å². The Morgan fingerprint density at radius 1 is 1.03 bits per heavy atom. The molecule has 0 unspecified atom stereocenters. The number of rotatable bonds is 7. The summed E-state index contributed by atoms with van der Waals surface area (Å²) in [5.74, 6) is 1.31. The number of hydrogen-bond acceptors (Lipinski definition) is 7. The summed E-state index contributed by atoms with van der Waals surface area (Å²) in [6.07, 6.45) is 0. The lowest BCUT2D eigenvalue weighted by Crippen LogP contribution is -2.48. The molecule has 32 heavy (non-hydrogen) atoms. The molecular weight excluding hydrogens is 410 g/mol. The molecule has 2 aromatic carbocycles. The number of hydrogen-bond donors (Lipinski definition) is 2. The number of benzene rings is 2. The first-order chi connectivity index (χ1) is 15.5. The van der Waals surface area contributed by atoms with Gasteiger partial charge in [-0.05, 0) is 31.2 Å². The van der Waals surface area contributed by atoms with Crippen molar-refractivity contribution < 1.29 is 9.47 Å². The minimum Gasteiger partial charge on any atom is -0.495 e. The van der Waals surface area contributed by atoms with Gasteiger partial charge in [0.25, 0.3) is 5.56 Å². The summed E-state index contributed by atoms with van der Waals surface area (Å²) in [5, 5.41) is 0.392. The number of methoxy groups -OCH3 is 1. The molecule has 1 fully saturated rings. The highest BCUT2D eigenvalue weighted by Crippen LogP contribution is 2.28. The van der Waals surface area contributed by atoms with E-state index in [4.69, 9.17) is 15.2 Å². The maximum absolute atomic E-state index is 13.0. The fraction of sp³-hybridized carbons (Fsp3) is 0.391. The molecule has 0 radical (unpaired) electrons. The van der Waals surface area contributed by atoms with E-state index in [1.54, 1.807) is 19.2 Å². The monoisotopic (exact) mass is 439 g/mol. The van der Waals surface area contributed by atoms with E-state index in [0.29, 0.717) is 42.0 Å². The molecule has 170 valence electrons. The third kappa shape index (κ3) is 4.29. The number of fused-ring (bicyclic) bond motifs is 1. The maximum Gasteiger partial charge on any atom is 0.328 e. The predicted molar refractivity (Wildman–Crippen MR) is 126 cm³/mol. The average molecular weight is 440 g/mol. The number of aromatic nitrogens is 2. The lowest BCUT2D eigenvalue weighted by molar-refractivity contribution is 0.245. The van der Waals surface area contributed by atoms with Gasteiger partial charge in [0.15, 0.2) is 0 Å². The summed E-state index contributed by atoms with van der Waals surface area (Å²) < 4.78 is 12.2. The Morgan fingerprint density at radius 3 is 2.50 bits per heavy atom. The Balaban J connectivity index is 1.46.